The minimum atomic E-state index is -0.00634. The number of rotatable bonds is 8. The molecule has 1 aromatic carbocycles. The molecule has 25 heavy (non-hydrogen) atoms. The molecule has 5 nitrogen and oxygen atoms in total. The lowest BCUT2D eigenvalue weighted by Gasteiger charge is -2.37. The highest BCUT2D eigenvalue weighted by Gasteiger charge is 2.32. The molecule has 2 N–H and O–H groups in total. The zero-order valence-corrected chi connectivity index (χ0v) is 16.1. The van der Waals surface area contributed by atoms with Crippen LogP contribution in [0.1, 0.15) is 44.0 Å². The van der Waals surface area contributed by atoms with Gasteiger partial charge in [0.15, 0.2) is 0 Å². The third-order valence-corrected chi connectivity index (χ3v) is 5.16. The van der Waals surface area contributed by atoms with Crippen molar-refractivity contribution in [3.63, 3.8) is 0 Å². The van der Waals surface area contributed by atoms with Crippen LogP contribution in [0.5, 0.6) is 0 Å². The van der Waals surface area contributed by atoms with Crippen LogP contribution >= 0.6 is 0 Å². The molecule has 1 aromatic rings. The number of anilines is 1. The highest BCUT2D eigenvalue weighted by molar-refractivity contribution is 5.94. The summed E-state index contributed by atoms with van der Waals surface area (Å²) in [5.41, 5.74) is 1.92. The highest BCUT2D eigenvalue weighted by Crippen LogP contribution is 2.28. The summed E-state index contributed by atoms with van der Waals surface area (Å²) in [5.74, 6) is -0.00634. The van der Waals surface area contributed by atoms with Crippen LogP contribution < -0.4 is 15.5 Å². The van der Waals surface area contributed by atoms with E-state index in [-0.39, 0.29) is 11.3 Å². The average molecular weight is 348 g/mol. The summed E-state index contributed by atoms with van der Waals surface area (Å²) in [6, 6.07) is 8.35. The van der Waals surface area contributed by atoms with Crippen molar-refractivity contribution in [3.05, 3.63) is 29.8 Å². The fourth-order valence-corrected chi connectivity index (χ4v) is 3.66. The van der Waals surface area contributed by atoms with Crippen LogP contribution in [-0.4, -0.2) is 51.8 Å². The summed E-state index contributed by atoms with van der Waals surface area (Å²) >= 11 is 0. The maximum absolute atomic E-state index is 12.5. The molecule has 2 rings (SSSR count). The van der Waals surface area contributed by atoms with Crippen LogP contribution in [0, 0.1) is 5.41 Å². The molecule has 5 heteroatoms. The molecule has 140 valence electrons. The number of benzene rings is 1. The molecule has 0 radical (unpaired) electrons. The van der Waals surface area contributed by atoms with E-state index in [9.17, 15) is 4.79 Å². The molecule has 0 bridgehead atoms. The minimum absolute atomic E-state index is 0.00634. The fraction of sp³-hybridized carbons (Fsp3) is 0.650. The van der Waals surface area contributed by atoms with Gasteiger partial charge in [0.25, 0.3) is 5.91 Å². The standard InChI is InChI=1S/C20H33N3O2/c1-5-23(16(2)3)18-8-6-17(7-9-18)19(24)22-14-20(15-25-4)10-12-21-13-11-20/h6-9,16,21H,5,10-15H2,1-4H3,(H,22,24). The molecule has 1 aliphatic rings. The Morgan fingerprint density at radius 3 is 2.44 bits per heavy atom. The van der Waals surface area contributed by atoms with Gasteiger partial charge in [-0.25, -0.2) is 0 Å². The van der Waals surface area contributed by atoms with E-state index >= 15 is 0 Å². The number of hydrogen-bond donors (Lipinski definition) is 2. The number of ether oxygens (including phenoxy) is 1. The van der Waals surface area contributed by atoms with E-state index in [1.807, 2.05) is 24.3 Å². The third kappa shape index (κ3) is 5.19. The summed E-state index contributed by atoms with van der Waals surface area (Å²) in [7, 11) is 1.73. The largest absolute Gasteiger partial charge is 0.384 e. The van der Waals surface area contributed by atoms with E-state index in [1.54, 1.807) is 7.11 Å². The molecule has 0 aromatic heterocycles. The maximum atomic E-state index is 12.5. The summed E-state index contributed by atoms with van der Waals surface area (Å²) < 4.78 is 5.41. The zero-order chi connectivity index (χ0) is 18.3. The molecule has 1 aliphatic heterocycles. The Hall–Kier alpha value is -1.59. The van der Waals surface area contributed by atoms with Crippen LogP contribution in [0.4, 0.5) is 5.69 Å². The summed E-state index contributed by atoms with van der Waals surface area (Å²) in [6.07, 6.45) is 2.06. The molecule has 0 spiro atoms. The first-order valence-corrected chi connectivity index (χ1v) is 9.36. The Labute approximate surface area is 152 Å². The molecule has 1 fully saturated rings. The van der Waals surface area contributed by atoms with Crippen LogP contribution in [-0.2, 0) is 4.74 Å². The predicted octanol–water partition coefficient (Wildman–Crippen LogP) is 2.67. The van der Waals surface area contributed by atoms with Gasteiger partial charge in [-0.15, -0.1) is 0 Å². The van der Waals surface area contributed by atoms with Crippen molar-refractivity contribution in [1.82, 2.24) is 10.6 Å². The van der Waals surface area contributed by atoms with Crippen LogP contribution in [0.2, 0.25) is 0 Å². The van der Waals surface area contributed by atoms with E-state index < -0.39 is 0 Å². The second-order valence-corrected chi connectivity index (χ2v) is 7.29. The van der Waals surface area contributed by atoms with Crippen LogP contribution in [0.15, 0.2) is 24.3 Å². The maximum Gasteiger partial charge on any atom is 0.251 e. The quantitative estimate of drug-likeness (QED) is 0.759. The van der Waals surface area contributed by atoms with Gasteiger partial charge in [-0.2, -0.15) is 0 Å². The van der Waals surface area contributed by atoms with Crippen LogP contribution in [0.3, 0.4) is 0 Å². The molecule has 1 amide bonds. The van der Waals surface area contributed by atoms with Crippen molar-refractivity contribution in [2.45, 2.75) is 39.7 Å². The van der Waals surface area contributed by atoms with Gasteiger partial charge >= 0.3 is 0 Å². The van der Waals surface area contributed by atoms with Gasteiger partial charge in [-0.3, -0.25) is 4.79 Å². The molecule has 1 heterocycles. The molecular formula is C20H33N3O2. The SMILES string of the molecule is CCN(c1ccc(C(=O)NCC2(COC)CCNCC2)cc1)C(C)C. The molecule has 0 saturated carbocycles. The van der Waals surface area contributed by atoms with Crippen molar-refractivity contribution in [1.29, 1.82) is 0 Å². The third-order valence-electron chi connectivity index (χ3n) is 5.16. The van der Waals surface area contributed by atoms with Gasteiger partial charge in [0.2, 0.25) is 0 Å². The number of piperidine rings is 1. The Morgan fingerprint density at radius 1 is 1.28 bits per heavy atom. The first-order chi connectivity index (χ1) is 12.0. The number of hydrogen-bond acceptors (Lipinski definition) is 4. The average Bonchev–Trinajstić information content (AvgIpc) is 2.62. The van der Waals surface area contributed by atoms with Crippen molar-refractivity contribution in [2.75, 3.05) is 44.8 Å². The Bertz CT molecular complexity index is 531. The molecule has 0 unspecified atom stereocenters. The van der Waals surface area contributed by atoms with E-state index in [0.29, 0.717) is 24.8 Å². The number of nitrogens with one attached hydrogen (secondary N) is 2. The van der Waals surface area contributed by atoms with Gasteiger partial charge in [-0.1, -0.05) is 0 Å². The first-order valence-electron chi connectivity index (χ1n) is 9.36. The first kappa shape index (κ1) is 19.7. The minimum Gasteiger partial charge on any atom is -0.384 e. The monoisotopic (exact) mass is 347 g/mol. The smallest absolute Gasteiger partial charge is 0.251 e. The number of carbonyl (C=O) groups is 1. The fourth-order valence-electron chi connectivity index (χ4n) is 3.66. The van der Waals surface area contributed by atoms with Gasteiger partial charge < -0.3 is 20.3 Å². The van der Waals surface area contributed by atoms with Crippen molar-refractivity contribution in [2.24, 2.45) is 5.41 Å². The molecular weight excluding hydrogens is 314 g/mol. The summed E-state index contributed by atoms with van der Waals surface area (Å²) in [4.78, 5) is 14.8. The number of methoxy groups -OCH3 is 1. The summed E-state index contributed by atoms with van der Waals surface area (Å²) in [6.45, 7) is 10.8. The van der Waals surface area contributed by atoms with Crippen molar-refractivity contribution in [3.8, 4) is 0 Å². The van der Waals surface area contributed by atoms with E-state index in [0.717, 1.165) is 38.2 Å². The lowest BCUT2D eigenvalue weighted by molar-refractivity contribution is 0.0512. The van der Waals surface area contributed by atoms with Gasteiger partial charge in [0, 0.05) is 42.9 Å². The normalized spacial score (nSPS) is 16.7. The predicted molar refractivity (Wildman–Crippen MR) is 103 cm³/mol. The highest BCUT2D eigenvalue weighted by atomic mass is 16.5. The Kier molecular flexibility index (Phi) is 7.26. The summed E-state index contributed by atoms with van der Waals surface area (Å²) in [5, 5.41) is 6.50. The lowest BCUT2D eigenvalue weighted by atomic mass is 9.79. The van der Waals surface area contributed by atoms with Crippen molar-refractivity contribution >= 4 is 11.6 Å². The zero-order valence-electron chi connectivity index (χ0n) is 16.1. The Balaban J connectivity index is 1.98. The topological polar surface area (TPSA) is 53.6 Å². The van der Waals surface area contributed by atoms with Gasteiger partial charge in [0.05, 0.1) is 6.61 Å². The van der Waals surface area contributed by atoms with E-state index in [4.69, 9.17) is 4.74 Å². The lowest BCUT2D eigenvalue weighted by Crippen LogP contribution is -2.47. The molecule has 0 atom stereocenters. The second-order valence-electron chi connectivity index (χ2n) is 7.29. The molecule has 0 aliphatic carbocycles. The van der Waals surface area contributed by atoms with Gasteiger partial charge in [-0.05, 0) is 71.0 Å². The van der Waals surface area contributed by atoms with E-state index in [2.05, 4.69) is 36.3 Å². The van der Waals surface area contributed by atoms with E-state index in [1.165, 1.54) is 0 Å². The van der Waals surface area contributed by atoms with Gasteiger partial charge in [0.1, 0.15) is 0 Å². The number of nitrogens with zero attached hydrogens (tertiary/aromatic N) is 1. The Morgan fingerprint density at radius 2 is 1.92 bits per heavy atom. The number of amides is 1. The number of carbonyl (C=O) groups excluding carboxylic acids is 1. The second kappa shape index (κ2) is 9.20. The van der Waals surface area contributed by atoms with Crippen molar-refractivity contribution < 1.29 is 9.53 Å². The van der Waals surface area contributed by atoms with Crippen LogP contribution in [0.25, 0.3) is 0 Å². The molecule has 1 saturated heterocycles.